The molecule has 192 valence electrons. The first-order chi connectivity index (χ1) is 17.1. The summed E-state index contributed by atoms with van der Waals surface area (Å²) in [6.07, 6.45) is -0.177. The fourth-order valence-corrected chi connectivity index (χ4v) is 4.89. The van der Waals surface area contributed by atoms with Crippen LogP contribution in [0.25, 0.3) is 0 Å². The minimum atomic E-state index is -3.10. The predicted molar refractivity (Wildman–Crippen MR) is 136 cm³/mol. The zero-order valence-corrected chi connectivity index (χ0v) is 20.5. The molecule has 0 unspecified atom stereocenters. The summed E-state index contributed by atoms with van der Waals surface area (Å²) in [5.74, 6) is -1.23. The van der Waals surface area contributed by atoms with E-state index in [9.17, 15) is 27.9 Å². The van der Waals surface area contributed by atoms with Gasteiger partial charge in [0.15, 0.2) is 9.84 Å². The van der Waals surface area contributed by atoms with E-state index in [1.807, 2.05) is 0 Å². The molecule has 12 heteroatoms. The fraction of sp³-hybridized carbons (Fsp3) is 0.333. The average Bonchev–Trinajstić information content (AvgIpc) is 2.86. The SMILES string of the molecule is N=C(N)c1ccc(NC(=O)CCC(=O)N(CCO)c2ccc(C(=O)N3CCS(=O)(=O)CC3)cc2)cc1. The number of aliphatic hydroxyl groups excluding tert-OH is 1. The van der Waals surface area contributed by atoms with Gasteiger partial charge in [-0.1, -0.05) is 0 Å². The molecule has 1 saturated heterocycles. The molecule has 0 spiro atoms. The summed E-state index contributed by atoms with van der Waals surface area (Å²) in [6.45, 7) is 0.00949. The van der Waals surface area contributed by atoms with E-state index < -0.39 is 9.84 Å². The number of rotatable bonds is 9. The number of amides is 3. The van der Waals surface area contributed by atoms with Gasteiger partial charge in [-0.05, 0) is 48.5 Å². The Morgan fingerprint density at radius 1 is 0.972 bits per heavy atom. The van der Waals surface area contributed by atoms with Crippen LogP contribution in [0.15, 0.2) is 48.5 Å². The number of benzene rings is 2. The maximum absolute atomic E-state index is 12.8. The summed E-state index contributed by atoms with van der Waals surface area (Å²) in [5, 5.41) is 19.5. The third-order valence-corrected chi connectivity index (χ3v) is 7.34. The second kappa shape index (κ2) is 11.8. The van der Waals surface area contributed by atoms with Gasteiger partial charge in [0.05, 0.1) is 18.1 Å². The highest BCUT2D eigenvalue weighted by Gasteiger charge is 2.26. The number of nitrogen functional groups attached to an aromatic ring is 1. The van der Waals surface area contributed by atoms with Crippen molar-refractivity contribution < 1.29 is 27.9 Å². The maximum atomic E-state index is 12.8. The molecule has 0 saturated carbocycles. The lowest BCUT2D eigenvalue weighted by atomic mass is 10.1. The van der Waals surface area contributed by atoms with Gasteiger partial charge in [0.1, 0.15) is 5.84 Å². The monoisotopic (exact) mass is 515 g/mol. The molecular formula is C24H29N5O6S. The third-order valence-electron chi connectivity index (χ3n) is 5.73. The second-order valence-corrected chi connectivity index (χ2v) is 10.6. The zero-order chi connectivity index (χ0) is 26.3. The lowest BCUT2D eigenvalue weighted by molar-refractivity contribution is -0.122. The van der Waals surface area contributed by atoms with E-state index in [2.05, 4.69) is 5.32 Å². The van der Waals surface area contributed by atoms with Gasteiger partial charge in [-0.2, -0.15) is 0 Å². The molecule has 1 fully saturated rings. The number of carbonyl (C=O) groups excluding carboxylic acids is 3. The number of aliphatic hydroxyl groups is 1. The number of nitrogens with two attached hydrogens (primary N) is 1. The molecule has 0 bridgehead atoms. The Morgan fingerprint density at radius 2 is 1.56 bits per heavy atom. The van der Waals surface area contributed by atoms with E-state index in [1.54, 1.807) is 48.5 Å². The van der Waals surface area contributed by atoms with Gasteiger partial charge >= 0.3 is 0 Å². The molecule has 0 aromatic heterocycles. The van der Waals surface area contributed by atoms with E-state index in [-0.39, 0.29) is 74.1 Å². The molecule has 3 amide bonds. The van der Waals surface area contributed by atoms with Crippen LogP contribution in [0.2, 0.25) is 0 Å². The van der Waals surface area contributed by atoms with Crippen LogP contribution in [0.3, 0.4) is 0 Å². The van der Waals surface area contributed by atoms with Gasteiger partial charge < -0.3 is 26.0 Å². The number of anilines is 2. The minimum absolute atomic E-state index is 0.0181. The average molecular weight is 516 g/mol. The number of nitrogens with one attached hydrogen (secondary N) is 2. The molecule has 36 heavy (non-hydrogen) atoms. The molecule has 1 heterocycles. The minimum Gasteiger partial charge on any atom is -0.395 e. The van der Waals surface area contributed by atoms with Crippen LogP contribution >= 0.6 is 0 Å². The van der Waals surface area contributed by atoms with Crippen LogP contribution < -0.4 is 16.0 Å². The Morgan fingerprint density at radius 3 is 2.11 bits per heavy atom. The number of hydrogen-bond acceptors (Lipinski definition) is 7. The van der Waals surface area contributed by atoms with E-state index in [1.165, 1.54) is 9.80 Å². The molecule has 0 atom stereocenters. The Kier molecular flexibility index (Phi) is 8.78. The molecular weight excluding hydrogens is 486 g/mol. The molecule has 0 radical (unpaired) electrons. The molecule has 11 nitrogen and oxygen atoms in total. The first-order valence-electron chi connectivity index (χ1n) is 11.3. The van der Waals surface area contributed by atoms with Gasteiger partial charge in [-0.25, -0.2) is 8.42 Å². The molecule has 1 aliphatic rings. The number of amidine groups is 1. The molecule has 1 aliphatic heterocycles. The largest absolute Gasteiger partial charge is 0.395 e. The molecule has 2 aromatic rings. The quantitative estimate of drug-likeness (QED) is 0.279. The summed E-state index contributed by atoms with van der Waals surface area (Å²) in [4.78, 5) is 40.6. The molecule has 2 aromatic carbocycles. The van der Waals surface area contributed by atoms with Crippen molar-refractivity contribution in [3.63, 3.8) is 0 Å². The highest BCUT2D eigenvalue weighted by Crippen LogP contribution is 2.19. The lowest BCUT2D eigenvalue weighted by Crippen LogP contribution is -2.43. The van der Waals surface area contributed by atoms with E-state index in [4.69, 9.17) is 11.1 Å². The Balaban J connectivity index is 1.58. The van der Waals surface area contributed by atoms with E-state index >= 15 is 0 Å². The second-order valence-electron chi connectivity index (χ2n) is 8.30. The Labute approximate surface area is 209 Å². The highest BCUT2D eigenvalue weighted by atomic mass is 32.2. The van der Waals surface area contributed by atoms with Crippen molar-refractivity contribution in [1.29, 1.82) is 5.41 Å². The van der Waals surface area contributed by atoms with E-state index in [0.717, 1.165) is 0 Å². The van der Waals surface area contributed by atoms with Crippen LogP contribution in [0.1, 0.15) is 28.8 Å². The molecule has 3 rings (SSSR count). The summed E-state index contributed by atoms with van der Waals surface area (Å²) in [5.41, 5.74) is 7.28. The first kappa shape index (κ1) is 26.8. The normalized spacial score (nSPS) is 14.6. The maximum Gasteiger partial charge on any atom is 0.253 e. The topological polar surface area (TPSA) is 174 Å². The van der Waals surface area contributed by atoms with Crippen molar-refractivity contribution in [2.75, 3.05) is 48.0 Å². The van der Waals surface area contributed by atoms with Gasteiger partial charge in [-0.3, -0.25) is 19.8 Å². The van der Waals surface area contributed by atoms with Crippen molar-refractivity contribution >= 4 is 44.8 Å². The highest BCUT2D eigenvalue weighted by molar-refractivity contribution is 7.91. The number of hydrogen-bond donors (Lipinski definition) is 4. The predicted octanol–water partition coefficient (Wildman–Crippen LogP) is 0.585. The summed E-state index contributed by atoms with van der Waals surface area (Å²) < 4.78 is 23.2. The van der Waals surface area contributed by atoms with Gasteiger partial charge in [0.25, 0.3) is 5.91 Å². The lowest BCUT2D eigenvalue weighted by Gasteiger charge is -2.27. The Hall–Kier alpha value is -3.77. The number of nitrogens with zero attached hydrogens (tertiary/aromatic N) is 2. The smallest absolute Gasteiger partial charge is 0.253 e. The van der Waals surface area contributed by atoms with Crippen LogP contribution in [0, 0.1) is 5.41 Å². The van der Waals surface area contributed by atoms with Crippen molar-refractivity contribution in [1.82, 2.24) is 4.90 Å². The van der Waals surface area contributed by atoms with Gasteiger partial charge in [0, 0.05) is 55.0 Å². The van der Waals surface area contributed by atoms with Gasteiger partial charge in [0.2, 0.25) is 11.8 Å². The fourth-order valence-electron chi connectivity index (χ4n) is 3.69. The van der Waals surface area contributed by atoms with Crippen molar-refractivity contribution in [3.05, 3.63) is 59.7 Å². The standard InChI is InChI=1S/C24H29N5O6S/c25-23(26)17-1-5-19(6-2-17)27-21(31)9-10-22(32)29(11-14-30)20-7-3-18(4-8-20)24(33)28-12-15-36(34,35)16-13-28/h1-8,30H,9-16H2,(H3,25,26)(H,27,31). The summed E-state index contributed by atoms with van der Waals surface area (Å²) in [7, 11) is -3.10. The third kappa shape index (κ3) is 7.12. The first-order valence-corrected chi connectivity index (χ1v) is 13.2. The number of sulfone groups is 1. The summed E-state index contributed by atoms with van der Waals surface area (Å²) in [6, 6.07) is 12.7. The van der Waals surface area contributed by atoms with Crippen LogP contribution in [-0.2, 0) is 19.4 Å². The van der Waals surface area contributed by atoms with Crippen LogP contribution in [0.5, 0.6) is 0 Å². The van der Waals surface area contributed by atoms with Gasteiger partial charge in [-0.15, -0.1) is 0 Å². The van der Waals surface area contributed by atoms with Crippen molar-refractivity contribution in [2.24, 2.45) is 5.73 Å². The zero-order valence-electron chi connectivity index (χ0n) is 19.6. The molecule has 0 aliphatic carbocycles. The van der Waals surface area contributed by atoms with Crippen molar-refractivity contribution in [3.8, 4) is 0 Å². The van der Waals surface area contributed by atoms with Crippen LogP contribution in [0.4, 0.5) is 11.4 Å². The Bertz CT molecular complexity index is 1210. The van der Waals surface area contributed by atoms with Crippen molar-refractivity contribution in [2.45, 2.75) is 12.8 Å². The van der Waals surface area contributed by atoms with Crippen LogP contribution in [-0.4, -0.2) is 79.7 Å². The van der Waals surface area contributed by atoms with E-state index in [0.29, 0.717) is 22.5 Å². The number of carbonyl (C=O) groups is 3. The summed E-state index contributed by atoms with van der Waals surface area (Å²) >= 11 is 0. The molecule has 5 N–H and O–H groups in total.